The predicted octanol–water partition coefficient (Wildman–Crippen LogP) is 3.37. The summed E-state index contributed by atoms with van der Waals surface area (Å²) in [5, 5.41) is 2.45. The van der Waals surface area contributed by atoms with Crippen molar-refractivity contribution in [3.63, 3.8) is 0 Å². The van der Waals surface area contributed by atoms with Crippen LogP contribution in [-0.2, 0) is 17.6 Å². The number of rotatable bonds is 3. The largest absolute Gasteiger partial charge is 0.348 e. The van der Waals surface area contributed by atoms with E-state index in [9.17, 15) is 4.79 Å². The van der Waals surface area contributed by atoms with Crippen molar-refractivity contribution in [3.05, 3.63) is 34.9 Å². The third-order valence-electron chi connectivity index (χ3n) is 3.59. The van der Waals surface area contributed by atoms with Gasteiger partial charge in [-0.05, 0) is 56.2 Å². The van der Waals surface area contributed by atoms with Gasteiger partial charge < -0.3 is 5.32 Å². The van der Waals surface area contributed by atoms with E-state index >= 15 is 0 Å². The number of carbonyl (C=O) groups excluding carboxylic acids is 1. The van der Waals surface area contributed by atoms with Gasteiger partial charge in [-0.1, -0.05) is 18.2 Å². The molecule has 0 saturated heterocycles. The molecule has 2 nitrogen and oxygen atoms in total. The number of nitrogens with one attached hydrogen (secondary N) is 1. The van der Waals surface area contributed by atoms with Gasteiger partial charge in [0.25, 0.3) is 0 Å². The van der Waals surface area contributed by atoms with Crippen molar-refractivity contribution in [1.29, 1.82) is 0 Å². The molecule has 1 aliphatic rings. The fourth-order valence-corrected chi connectivity index (χ4v) is 2.50. The standard InChI is InChI=1S/C15H20ClNO/c1-10(16)15(18)17-11(2)13-8-7-12-5-3-4-6-14(12)9-13/h7-11H,3-6H2,1-2H3,(H,17,18)/t10-,11-/m1/s1. The summed E-state index contributed by atoms with van der Waals surface area (Å²) in [6.07, 6.45) is 4.92. The number of amides is 1. The van der Waals surface area contributed by atoms with Crippen molar-refractivity contribution in [3.8, 4) is 0 Å². The van der Waals surface area contributed by atoms with Gasteiger partial charge in [0, 0.05) is 0 Å². The van der Waals surface area contributed by atoms with E-state index < -0.39 is 5.38 Å². The maximum Gasteiger partial charge on any atom is 0.238 e. The molecular formula is C15H20ClNO. The van der Waals surface area contributed by atoms with Crippen LogP contribution in [-0.4, -0.2) is 11.3 Å². The fraction of sp³-hybridized carbons (Fsp3) is 0.533. The van der Waals surface area contributed by atoms with Gasteiger partial charge in [-0.3, -0.25) is 4.79 Å². The first-order valence-corrected chi connectivity index (χ1v) is 7.07. The Morgan fingerprint density at radius 3 is 2.56 bits per heavy atom. The average molecular weight is 266 g/mol. The average Bonchev–Trinajstić information content (AvgIpc) is 2.37. The Labute approximate surface area is 114 Å². The minimum absolute atomic E-state index is 0.0194. The van der Waals surface area contributed by atoms with E-state index in [1.165, 1.54) is 36.0 Å². The summed E-state index contributed by atoms with van der Waals surface area (Å²) in [5.41, 5.74) is 4.08. The molecule has 0 bridgehead atoms. The Balaban J connectivity index is 2.11. The third kappa shape index (κ3) is 3.05. The second-order valence-corrected chi connectivity index (χ2v) is 5.74. The van der Waals surface area contributed by atoms with Crippen molar-refractivity contribution in [2.45, 2.75) is 50.9 Å². The molecule has 1 aliphatic carbocycles. The molecule has 18 heavy (non-hydrogen) atoms. The van der Waals surface area contributed by atoms with Crippen molar-refractivity contribution in [1.82, 2.24) is 5.32 Å². The molecule has 3 heteroatoms. The van der Waals surface area contributed by atoms with E-state index in [1.807, 2.05) is 6.92 Å². The maximum absolute atomic E-state index is 11.6. The lowest BCUT2D eigenvalue weighted by molar-refractivity contribution is -0.121. The summed E-state index contributed by atoms with van der Waals surface area (Å²) in [4.78, 5) is 11.6. The molecule has 0 heterocycles. The van der Waals surface area contributed by atoms with Crippen LogP contribution in [0.1, 0.15) is 49.4 Å². The molecule has 1 aromatic rings. The maximum atomic E-state index is 11.6. The normalized spacial score (nSPS) is 17.7. The van der Waals surface area contributed by atoms with Gasteiger partial charge in [0.05, 0.1) is 6.04 Å². The number of carbonyl (C=O) groups is 1. The van der Waals surface area contributed by atoms with Crippen LogP contribution in [0.25, 0.3) is 0 Å². The SMILES string of the molecule is C[C@@H](Cl)C(=O)N[C@H](C)c1ccc2c(c1)CCCC2. The van der Waals surface area contributed by atoms with E-state index in [0.717, 1.165) is 6.42 Å². The molecule has 1 amide bonds. The van der Waals surface area contributed by atoms with Gasteiger partial charge in [0.2, 0.25) is 5.91 Å². The second-order valence-electron chi connectivity index (χ2n) is 5.08. The van der Waals surface area contributed by atoms with Crippen molar-refractivity contribution >= 4 is 17.5 Å². The van der Waals surface area contributed by atoms with Crippen LogP contribution >= 0.6 is 11.6 Å². The topological polar surface area (TPSA) is 29.1 Å². The lowest BCUT2D eigenvalue weighted by Gasteiger charge is -2.20. The number of alkyl halides is 1. The Bertz CT molecular complexity index is 442. The monoisotopic (exact) mass is 265 g/mol. The lowest BCUT2D eigenvalue weighted by Crippen LogP contribution is -2.32. The molecule has 0 radical (unpaired) electrons. The van der Waals surface area contributed by atoms with Crippen LogP contribution in [0.4, 0.5) is 0 Å². The van der Waals surface area contributed by atoms with Crippen LogP contribution in [0.15, 0.2) is 18.2 Å². The van der Waals surface area contributed by atoms with Crippen molar-refractivity contribution in [2.75, 3.05) is 0 Å². The highest BCUT2D eigenvalue weighted by molar-refractivity contribution is 6.30. The highest BCUT2D eigenvalue weighted by atomic mass is 35.5. The molecule has 0 spiro atoms. The molecule has 1 aromatic carbocycles. The zero-order valence-corrected chi connectivity index (χ0v) is 11.8. The number of hydrogen-bond donors (Lipinski definition) is 1. The minimum atomic E-state index is -0.481. The molecular weight excluding hydrogens is 246 g/mol. The van der Waals surface area contributed by atoms with Gasteiger partial charge >= 0.3 is 0 Å². The summed E-state index contributed by atoms with van der Waals surface area (Å²) in [6, 6.07) is 6.58. The summed E-state index contributed by atoms with van der Waals surface area (Å²) in [6.45, 7) is 3.69. The smallest absolute Gasteiger partial charge is 0.238 e. The molecule has 0 fully saturated rings. The number of benzene rings is 1. The Kier molecular flexibility index (Phi) is 4.28. The van der Waals surface area contributed by atoms with Crippen LogP contribution in [0.3, 0.4) is 0 Å². The number of aryl methyl sites for hydroxylation is 2. The van der Waals surface area contributed by atoms with E-state index in [0.29, 0.717) is 0 Å². The Hall–Kier alpha value is -1.02. The van der Waals surface area contributed by atoms with E-state index in [2.05, 4.69) is 23.5 Å². The van der Waals surface area contributed by atoms with E-state index in [1.54, 1.807) is 6.92 Å². The molecule has 98 valence electrons. The summed E-state index contributed by atoms with van der Waals surface area (Å²) in [5.74, 6) is -0.109. The molecule has 0 unspecified atom stereocenters. The van der Waals surface area contributed by atoms with Gasteiger partial charge in [-0.15, -0.1) is 11.6 Å². The molecule has 2 rings (SSSR count). The summed E-state index contributed by atoms with van der Waals surface area (Å²) < 4.78 is 0. The highest BCUT2D eigenvalue weighted by Crippen LogP contribution is 2.24. The molecule has 1 N–H and O–H groups in total. The Morgan fingerprint density at radius 2 is 1.89 bits per heavy atom. The van der Waals surface area contributed by atoms with Gasteiger partial charge in [-0.2, -0.15) is 0 Å². The van der Waals surface area contributed by atoms with Crippen LogP contribution < -0.4 is 5.32 Å². The zero-order valence-electron chi connectivity index (χ0n) is 11.0. The summed E-state index contributed by atoms with van der Waals surface area (Å²) >= 11 is 5.76. The molecule has 0 aromatic heterocycles. The van der Waals surface area contributed by atoms with Gasteiger partial charge in [0.15, 0.2) is 0 Å². The minimum Gasteiger partial charge on any atom is -0.348 e. The quantitative estimate of drug-likeness (QED) is 0.834. The van der Waals surface area contributed by atoms with Crippen molar-refractivity contribution in [2.24, 2.45) is 0 Å². The van der Waals surface area contributed by atoms with Gasteiger partial charge in [-0.25, -0.2) is 0 Å². The first-order valence-electron chi connectivity index (χ1n) is 6.64. The van der Waals surface area contributed by atoms with Crippen LogP contribution in [0.5, 0.6) is 0 Å². The number of fused-ring (bicyclic) bond motifs is 1. The van der Waals surface area contributed by atoms with E-state index in [-0.39, 0.29) is 11.9 Å². The first-order chi connectivity index (χ1) is 8.58. The Morgan fingerprint density at radius 1 is 1.22 bits per heavy atom. The molecule has 0 aliphatic heterocycles. The van der Waals surface area contributed by atoms with E-state index in [4.69, 9.17) is 11.6 Å². The second kappa shape index (κ2) is 5.75. The van der Waals surface area contributed by atoms with Crippen LogP contribution in [0, 0.1) is 0 Å². The molecule has 0 saturated carbocycles. The molecule has 2 atom stereocenters. The lowest BCUT2D eigenvalue weighted by atomic mass is 9.89. The van der Waals surface area contributed by atoms with Crippen LogP contribution in [0.2, 0.25) is 0 Å². The highest BCUT2D eigenvalue weighted by Gasteiger charge is 2.16. The third-order valence-corrected chi connectivity index (χ3v) is 3.79. The predicted molar refractivity (Wildman–Crippen MR) is 75.0 cm³/mol. The summed E-state index contributed by atoms with van der Waals surface area (Å²) in [7, 11) is 0. The number of halogens is 1. The zero-order chi connectivity index (χ0) is 13.1. The van der Waals surface area contributed by atoms with Gasteiger partial charge in [0.1, 0.15) is 5.38 Å². The fourth-order valence-electron chi connectivity index (χ4n) is 2.43. The van der Waals surface area contributed by atoms with Crippen molar-refractivity contribution < 1.29 is 4.79 Å². The first kappa shape index (κ1) is 13.4. The number of hydrogen-bond acceptors (Lipinski definition) is 1.